The normalized spacial score (nSPS) is 19.8. The van der Waals surface area contributed by atoms with Crippen molar-refractivity contribution in [3.05, 3.63) is 58.5 Å². The number of aromatic nitrogens is 4. The molecule has 2 aliphatic rings. The molecule has 1 fully saturated rings. The minimum absolute atomic E-state index is 0.103. The van der Waals surface area contributed by atoms with Gasteiger partial charge >= 0.3 is 6.18 Å². The molecule has 0 saturated carbocycles. The van der Waals surface area contributed by atoms with E-state index >= 15 is 0 Å². The van der Waals surface area contributed by atoms with Crippen LogP contribution in [0.1, 0.15) is 42.3 Å². The highest BCUT2D eigenvalue weighted by atomic mass is 32.1. The lowest BCUT2D eigenvalue weighted by Crippen LogP contribution is -2.45. The first kappa shape index (κ1) is 23.6. The first-order chi connectivity index (χ1) is 16.8. The summed E-state index contributed by atoms with van der Waals surface area (Å²) in [6, 6.07) is 3.38. The fraction of sp³-hybridized carbons (Fsp3) is 0.375. The summed E-state index contributed by atoms with van der Waals surface area (Å²) < 4.78 is 41.7. The molecule has 3 aromatic rings. The summed E-state index contributed by atoms with van der Waals surface area (Å²) in [7, 11) is 0. The van der Waals surface area contributed by atoms with Crippen molar-refractivity contribution in [1.29, 1.82) is 0 Å². The molecule has 4 heterocycles. The number of fused-ring (bicyclic) bond motifs is 1. The number of rotatable bonds is 6. The zero-order valence-electron chi connectivity index (χ0n) is 18.9. The Morgan fingerprint density at radius 3 is 2.83 bits per heavy atom. The molecule has 1 aliphatic carbocycles. The second kappa shape index (κ2) is 9.46. The van der Waals surface area contributed by atoms with Crippen LogP contribution in [0, 0.1) is 5.92 Å². The van der Waals surface area contributed by atoms with Gasteiger partial charge in [0.05, 0.1) is 17.1 Å². The number of ketones is 1. The molecule has 2 atom stereocenters. The number of hydrogen-bond donors (Lipinski definition) is 2. The monoisotopic (exact) mass is 500 g/mol. The Morgan fingerprint density at radius 2 is 2.09 bits per heavy atom. The van der Waals surface area contributed by atoms with Gasteiger partial charge in [-0.2, -0.15) is 13.2 Å². The van der Waals surface area contributed by atoms with Gasteiger partial charge in [0.25, 0.3) is 0 Å². The molecule has 1 saturated heterocycles. The average Bonchev–Trinajstić information content (AvgIpc) is 3.53. The minimum atomic E-state index is -4.61. The fourth-order valence-electron chi connectivity index (χ4n) is 4.54. The molecule has 0 unspecified atom stereocenters. The number of pyridine rings is 1. The van der Waals surface area contributed by atoms with Crippen LogP contribution in [0.4, 0.5) is 19.1 Å². The van der Waals surface area contributed by atoms with Gasteiger partial charge in [0.2, 0.25) is 5.95 Å². The highest BCUT2D eigenvalue weighted by Crippen LogP contribution is 2.40. The van der Waals surface area contributed by atoms with Crippen LogP contribution in [0.25, 0.3) is 16.3 Å². The Balaban J connectivity index is 1.45. The predicted octanol–water partition coefficient (Wildman–Crippen LogP) is 4.37. The van der Waals surface area contributed by atoms with Crippen LogP contribution in [-0.2, 0) is 17.4 Å². The van der Waals surface area contributed by atoms with E-state index < -0.39 is 11.7 Å². The molecule has 2 N–H and O–H groups in total. The number of halogens is 3. The van der Waals surface area contributed by atoms with E-state index in [4.69, 9.17) is 0 Å². The van der Waals surface area contributed by atoms with Crippen LogP contribution in [0.15, 0.2) is 36.0 Å². The van der Waals surface area contributed by atoms with E-state index in [2.05, 4.69) is 30.6 Å². The fourth-order valence-corrected chi connectivity index (χ4v) is 5.14. The van der Waals surface area contributed by atoms with Gasteiger partial charge in [-0.25, -0.2) is 19.9 Å². The summed E-state index contributed by atoms with van der Waals surface area (Å²) in [6.07, 6.45) is 1.05. The van der Waals surface area contributed by atoms with Gasteiger partial charge in [-0.15, -0.1) is 11.3 Å². The van der Waals surface area contributed by atoms with Crippen LogP contribution < -0.4 is 10.6 Å². The zero-order chi connectivity index (χ0) is 24.6. The molecule has 35 heavy (non-hydrogen) atoms. The van der Waals surface area contributed by atoms with Crippen molar-refractivity contribution in [1.82, 2.24) is 25.3 Å². The molecule has 0 amide bonds. The Kier molecular flexibility index (Phi) is 6.37. The number of hydrogen-bond acceptors (Lipinski definition) is 8. The van der Waals surface area contributed by atoms with Crippen LogP contribution in [0.3, 0.4) is 0 Å². The molecule has 1 aliphatic heterocycles. The number of alkyl halides is 3. The number of carbonyl (C=O) groups excluding carboxylic acids is 1. The Bertz CT molecular complexity index is 1270. The topological polar surface area (TPSA) is 92.7 Å². The number of allylic oxidation sites excluding steroid dienone is 1. The van der Waals surface area contributed by atoms with Gasteiger partial charge in [-0.1, -0.05) is 19.1 Å². The first-order valence-electron chi connectivity index (χ1n) is 11.4. The van der Waals surface area contributed by atoms with Gasteiger partial charge in [-0.3, -0.25) is 4.79 Å². The number of piperidine rings is 1. The Hall–Kier alpha value is -3.18. The standard InChI is InChI=1S/C24H23F3N6OS/c1-2-20(34)13-9-14(11-28-10-13)31-23-30-12-17(24(25,26)27)21(33-23)16-4-5-18-15(16)3-6-19(32-18)22-29-7-8-35-22/h3-4,6-8,12-14,28H,2,5,9-11H2,1H3,(H,30,31,33)/t13-,14+/m1/s1. The molecule has 3 aromatic heterocycles. The quantitative estimate of drug-likeness (QED) is 0.519. The lowest BCUT2D eigenvalue weighted by molar-refractivity contribution is -0.138. The summed E-state index contributed by atoms with van der Waals surface area (Å²) >= 11 is 1.45. The van der Waals surface area contributed by atoms with Crippen molar-refractivity contribution in [2.45, 2.75) is 38.4 Å². The number of thiazole rings is 1. The van der Waals surface area contributed by atoms with Gasteiger partial charge < -0.3 is 10.6 Å². The minimum Gasteiger partial charge on any atom is -0.350 e. The lowest BCUT2D eigenvalue weighted by Gasteiger charge is -2.29. The molecule has 5 rings (SSSR count). The average molecular weight is 501 g/mol. The van der Waals surface area contributed by atoms with E-state index in [1.807, 2.05) is 12.3 Å². The summed E-state index contributed by atoms with van der Waals surface area (Å²) in [5.74, 6) is 0.129. The second-order valence-corrected chi connectivity index (χ2v) is 9.45. The lowest BCUT2D eigenvalue weighted by atomic mass is 9.91. The number of nitrogens with one attached hydrogen (secondary N) is 2. The summed E-state index contributed by atoms with van der Waals surface area (Å²) in [4.78, 5) is 29.3. The number of anilines is 1. The highest BCUT2D eigenvalue weighted by Gasteiger charge is 2.37. The van der Waals surface area contributed by atoms with E-state index in [-0.39, 0.29) is 29.4 Å². The van der Waals surface area contributed by atoms with Gasteiger partial charge in [0.15, 0.2) is 0 Å². The third kappa shape index (κ3) is 4.83. The van der Waals surface area contributed by atoms with Crippen LogP contribution >= 0.6 is 11.3 Å². The second-order valence-electron chi connectivity index (χ2n) is 8.56. The van der Waals surface area contributed by atoms with E-state index in [9.17, 15) is 18.0 Å². The molecule has 182 valence electrons. The largest absolute Gasteiger partial charge is 0.419 e. The Morgan fingerprint density at radius 1 is 1.23 bits per heavy atom. The van der Waals surface area contributed by atoms with E-state index in [1.54, 1.807) is 24.4 Å². The number of Topliss-reactive ketones (excluding diaryl/α,β-unsaturated/α-hetero) is 1. The van der Waals surface area contributed by atoms with Crippen molar-refractivity contribution in [2.75, 3.05) is 18.4 Å². The molecule has 0 bridgehead atoms. The van der Waals surface area contributed by atoms with Crippen molar-refractivity contribution in [3.63, 3.8) is 0 Å². The maximum Gasteiger partial charge on any atom is 0.419 e. The van der Waals surface area contributed by atoms with Gasteiger partial charge in [-0.05, 0) is 12.5 Å². The third-order valence-corrected chi connectivity index (χ3v) is 7.05. The van der Waals surface area contributed by atoms with Crippen LogP contribution in [-0.4, -0.2) is 44.9 Å². The maximum atomic E-state index is 13.9. The molecule has 0 spiro atoms. The highest BCUT2D eigenvalue weighted by molar-refractivity contribution is 7.13. The zero-order valence-corrected chi connectivity index (χ0v) is 19.7. The molecule has 7 nitrogen and oxygen atoms in total. The van der Waals surface area contributed by atoms with Gasteiger partial charge in [0, 0.05) is 66.8 Å². The van der Waals surface area contributed by atoms with E-state index in [0.29, 0.717) is 54.9 Å². The summed E-state index contributed by atoms with van der Waals surface area (Å²) in [5, 5.41) is 8.95. The third-order valence-electron chi connectivity index (χ3n) is 6.25. The molecule has 0 radical (unpaired) electrons. The summed E-state index contributed by atoms with van der Waals surface area (Å²) in [5.41, 5.74) is 1.31. The number of nitrogens with zero attached hydrogens (tertiary/aromatic N) is 4. The number of carbonyl (C=O) groups is 1. The van der Waals surface area contributed by atoms with Crippen molar-refractivity contribution >= 4 is 28.6 Å². The van der Waals surface area contributed by atoms with Crippen molar-refractivity contribution in [3.8, 4) is 10.7 Å². The van der Waals surface area contributed by atoms with Crippen LogP contribution in [0.2, 0.25) is 0 Å². The smallest absolute Gasteiger partial charge is 0.350 e. The van der Waals surface area contributed by atoms with E-state index in [1.165, 1.54) is 11.3 Å². The molecule has 11 heteroatoms. The molecular weight excluding hydrogens is 477 g/mol. The molecular formula is C24H23F3N6OS. The Labute approximate surface area is 204 Å². The summed E-state index contributed by atoms with van der Waals surface area (Å²) in [6.45, 7) is 3.00. The van der Waals surface area contributed by atoms with E-state index in [0.717, 1.165) is 11.2 Å². The predicted molar refractivity (Wildman–Crippen MR) is 127 cm³/mol. The maximum absolute atomic E-state index is 13.9. The SMILES string of the molecule is CCC(=O)[C@H]1CNC[C@@H](Nc2ncc(C(F)(F)F)c(C3=CCc4nc(-c5nccs5)ccc43)n2)C1. The first-order valence-corrected chi connectivity index (χ1v) is 12.3. The molecule has 0 aromatic carbocycles. The van der Waals surface area contributed by atoms with Crippen LogP contribution in [0.5, 0.6) is 0 Å². The van der Waals surface area contributed by atoms with Crippen molar-refractivity contribution in [2.24, 2.45) is 5.92 Å². The van der Waals surface area contributed by atoms with Crippen molar-refractivity contribution < 1.29 is 18.0 Å². The van der Waals surface area contributed by atoms with Gasteiger partial charge in [0.1, 0.15) is 16.4 Å².